The summed E-state index contributed by atoms with van der Waals surface area (Å²) in [5.41, 5.74) is -0.0165. The first-order valence-corrected chi connectivity index (χ1v) is 8.52. The number of sulfonamides is 1. The molecule has 4 nitrogen and oxygen atoms in total. The van der Waals surface area contributed by atoms with Gasteiger partial charge in [-0.05, 0) is 36.5 Å². The quantitative estimate of drug-likeness (QED) is 0.910. The van der Waals surface area contributed by atoms with Crippen LogP contribution in [0.15, 0.2) is 33.6 Å². The average molecular weight is 348 g/mol. The van der Waals surface area contributed by atoms with Crippen molar-refractivity contribution in [2.75, 3.05) is 19.8 Å². The lowest BCUT2D eigenvalue weighted by molar-refractivity contribution is 0.0265. The van der Waals surface area contributed by atoms with Gasteiger partial charge >= 0.3 is 0 Å². The molecule has 0 aliphatic carbocycles. The summed E-state index contributed by atoms with van der Waals surface area (Å²) >= 11 is 3.28. The number of benzene rings is 1. The van der Waals surface area contributed by atoms with Crippen LogP contribution in [0.4, 0.5) is 0 Å². The predicted molar refractivity (Wildman–Crippen MR) is 77.5 cm³/mol. The largest absolute Gasteiger partial charge is 0.381 e. The van der Waals surface area contributed by atoms with Crippen LogP contribution in [0.1, 0.15) is 19.8 Å². The van der Waals surface area contributed by atoms with E-state index >= 15 is 0 Å². The van der Waals surface area contributed by atoms with Gasteiger partial charge < -0.3 is 4.74 Å². The minimum absolute atomic E-state index is 0.0165. The third kappa shape index (κ3) is 4.02. The van der Waals surface area contributed by atoms with Crippen LogP contribution >= 0.6 is 15.9 Å². The van der Waals surface area contributed by atoms with E-state index in [0.29, 0.717) is 19.8 Å². The normalized spacial score (nSPS) is 19.3. The predicted octanol–water partition coefficient (Wildman–Crippen LogP) is 2.54. The molecule has 0 bridgehead atoms. The zero-order valence-corrected chi connectivity index (χ0v) is 13.3. The van der Waals surface area contributed by atoms with Crippen LogP contribution in [0.3, 0.4) is 0 Å². The first kappa shape index (κ1) is 15.0. The Hall–Kier alpha value is -0.430. The second-order valence-corrected chi connectivity index (χ2v) is 7.89. The van der Waals surface area contributed by atoms with Gasteiger partial charge in [-0.2, -0.15) is 0 Å². The van der Waals surface area contributed by atoms with Crippen LogP contribution in [-0.4, -0.2) is 28.2 Å². The van der Waals surface area contributed by atoms with Gasteiger partial charge in [0.1, 0.15) is 0 Å². The minimum atomic E-state index is -3.44. The molecule has 1 saturated heterocycles. The van der Waals surface area contributed by atoms with E-state index in [1.807, 2.05) is 0 Å². The zero-order valence-electron chi connectivity index (χ0n) is 10.9. The van der Waals surface area contributed by atoms with E-state index in [1.54, 1.807) is 24.3 Å². The van der Waals surface area contributed by atoms with Gasteiger partial charge in [0.15, 0.2) is 0 Å². The Bertz CT molecular complexity index is 539. The molecule has 106 valence electrons. The number of hydrogen-bond acceptors (Lipinski definition) is 3. The first-order chi connectivity index (χ1) is 8.91. The molecule has 0 unspecified atom stereocenters. The van der Waals surface area contributed by atoms with Crippen molar-refractivity contribution < 1.29 is 13.2 Å². The van der Waals surface area contributed by atoms with Gasteiger partial charge in [-0.1, -0.05) is 28.9 Å². The fourth-order valence-electron chi connectivity index (χ4n) is 2.03. The van der Waals surface area contributed by atoms with E-state index in [-0.39, 0.29) is 10.3 Å². The Morgan fingerprint density at radius 2 is 2.05 bits per heavy atom. The van der Waals surface area contributed by atoms with Crippen molar-refractivity contribution in [3.8, 4) is 0 Å². The first-order valence-electron chi connectivity index (χ1n) is 6.24. The molecule has 1 fully saturated rings. The van der Waals surface area contributed by atoms with E-state index < -0.39 is 10.0 Å². The van der Waals surface area contributed by atoms with Crippen molar-refractivity contribution in [1.82, 2.24) is 4.72 Å². The van der Waals surface area contributed by atoms with Crippen molar-refractivity contribution in [3.63, 3.8) is 0 Å². The highest BCUT2D eigenvalue weighted by Crippen LogP contribution is 2.29. The molecule has 0 spiro atoms. The fourth-order valence-corrected chi connectivity index (χ4v) is 3.82. The summed E-state index contributed by atoms with van der Waals surface area (Å²) in [6.07, 6.45) is 1.77. The molecule has 1 aromatic rings. The molecule has 2 rings (SSSR count). The third-order valence-corrected chi connectivity index (χ3v) is 5.39. The maximum absolute atomic E-state index is 12.2. The number of hydrogen-bond donors (Lipinski definition) is 1. The van der Waals surface area contributed by atoms with Gasteiger partial charge in [0.25, 0.3) is 0 Å². The summed E-state index contributed by atoms with van der Waals surface area (Å²) in [5, 5.41) is 0. The van der Waals surface area contributed by atoms with Crippen molar-refractivity contribution in [2.45, 2.75) is 24.7 Å². The number of rotatable bonds is 4. The van der Waals surface area contributed by atoms with Gasteiger partial charge in [0, 0.05) is 24.2 Å². The fraction of sp³-hybridized carbons (Fsp3) is 0.538. The summed E-state index contributed by atoms with van der Waals surface area (Å²) < 4.78 is 33.2. The molecule has 6 heteroatoms. The Kier molecular flexibility index (Phi) is 4.66. The van der Waals surface area contributed by atoms with E-state index in [4.69, 9.17) is 4.74 Å². The maximum Gasteiger partial charge on any atom is 0.240 e. The molecule has 1 N–H and O–H groups in total. The number of halogens is 1. The van der Waals surface area contributed by atoms with Gasteiger partial charge in [-0.3, -0.25) is 0 Å². The van der Waals surface area contributed by atoms with Crippen LogP contribution < -0.4 is 4.72 Å². The van der Waals surface area contributed by atoms with E-state index in [1.165, 1.54) is 0 Å². The summed E-state index contributed by atoms with van der Waals surface area (Å²) in [6, 6.07) is 6.72. The maximum atomic E-state index is 12.2. The molecule has 1 heterocycles. The smallest absolute Gasteiger partial charge is 0.240 e. The zero-order chi connectivity index (χ0) is 13.9. The molecular formula is C13H18BrNO3S. The molecule has 1 aromatic carbocycles. The molecular weight excluding hydrogens is 330 g/mol. The highest BCUT2D eigenvalue weighted by Gasteiger charge is 2.29. The van der Waals surface area contributed by atoms with Crippen molar-refractivity contribution in [2.24, 2.45) is 5.41 Å². The topological polar surface area (TPSA) is 55.4 Å². The molecule has 1 aliphatic heterocycles. The van der Waals surface area contributed by atoms with Crippen LogP contribution in [-0.2, 0) is 14.8 Å². The Balaban J connectivity index is 2.05. The molecule has 0 amide bonds. The van der Waals surface area contributed by atoms with Gasteiger partial charge in [-0.15, -0.1) is 0 Å². The second kappa shape index (κ2) is 5.91. The average Bonchev–Trinajstić information content (AvgIpc) is 2.38. The monoisotopic (exact) mass is 347 g/mol. The van der Waals surface area contributed by atoms with Gasteiger partial charge in [0.2, 0.25) is 10.0 Å². The van der Waals surface area contributed by atoms with E-state index in [2.05, 4.69) is 27.6 Å². The summed E-state index contributed by atoms with van der Waals surface area (Å²) in [7, 11) is -3.44. The Labute approximate surface area is 122 Å². The highest BCUT2D eigenvalue weighted by atomic mass is 79.9. The lowest BCUT2D eigenvalue weighted by Crippen LogP contribution is -2.39. The Morgan fingerprint density at radius 3 is 2.68 bits per heavy atom. The van der Waals surface area contributed by atoms with Crippen molar-refractivity contribution in [3.05, 3.63) is 28.7 Å². The van der Waals surface area contributed by atoms with Crippen molar-refractivity contribution >= 4 is 26.0 Å². The molecule has 0 saturated carbocycles. The summed E-state index contributed by atoms with van der Waals surface area (Å²) in [4.78, 5) is 0.289. The second-order valence-electron chi connectivity index (χ2n) is 5.20. The standard InChI is InChI=1S/C13H18BrNO3S/c1-13(5-7-18-8-6-13)10-15-19(16,17)12-4-2-3-11(14)9-12/h2-4,9,15H,5-8,10H2,1H3. The SMILES string of the molecule is CC1(CNS(=O)(=O)c2cccc(Br)c2)CCOCC1. The molecule has 0 atom stereocenters. The lowest BCUT2D eigenvalue weighted by atomic mass is 9.83. The van der Waals surface area contributed by atoms with Crippen LogP contribution in [0.25, 0.3) is 0 Å². The lowest BCUT2D eigenvalue weighted by Gasteiger charge is -2.33. The molecule has 0 radical (unpaired) electrons. The summed E-state index contributed by atoms with van der Waals surface area (Å²) in [6.45, 7) is 3.95. The molecule has 19 heavy (non-hydrogen) atoms. The third-order valence-electron chi connectivity index (χ3n) is 3.50. The van der Waals surface area contributed by atoms with E-state index in [9.17, 15) is 8.42 Å². The Morgan fingerprint density at radius 1 is 1.37 bits per heavy atom. The van der Waals surface area contributed by atoms with Gasteiger partial charge in [-0.25, -0.2) is 13.1 Å². The molecule has 0 aromatic heterocycles. The van der Waals surface area contributed by atoms with Gasteiger partial charge in [0.05, 0.1) is 4.90 Å². The summed E-state index contributed by atoms with van der Waals surface area (Å²) in [5.74, 6) is 0. The van der Waals surface area contributed by atoms with E-state index in [0.717, 1.165) is 17.3 Å². The van der Waals surface area contributed by atoms with Crippen LogP contribution in [0, 0.1) is 5.41 Å². The number of ether oxygens (including phenoxy) is 1. The highest BCUT2D eigenvalue weighted by molar-refractivity contribution is 9.10. The van der Waals surface area contributed by atoms with Crippen LogP contribution in [0.5, 0.6) is 0 Å². The van der Waals surface area contributed by atoms with Crippen molar-refractivity contribution in [1.29, 1.82) is 0 Å². The molecule has 1 aliphatic rings. The van der Waals surface area contributed by atoms with Crippen LogP contribution in [0.2, 0.25) is 0 Å². The number of nitrogens with one attached hydrogen (secondary N) is 1. The minimum Gasteiger partial charge on any atom is -0.381 e.